The van der Waals surface area contributed by atoms with Crippen molar-refractivity contribution in [2.75, 3.05) is 0 Å². The van der Waals surface area contributed by atoms with E-state index < -0.39 is 0 Å². The Morgan fingerprint density at radius 1 is 0.750 bits per heavy atom. The largest absolute Gasteiger partial charge is 0.335 e. The Morgan fingerprint density at radius 3 is 1.89 bits per heavy atom. The molecule has 0 saturated heterocycles. The molecule has 0 aliphatic rings. The SMILES string of the molecule is CCCCCCCCCCCCn1ccnc1C(C(C)C)C(C)(Cc1ccccc1)c1ccccc1. The van der Waals surface area contributed by atoms with Gasteiger partial charge < -0.3 is 4.57 Å². The van der Waals surface area contributed by atoms with E-state index in [2.05, 4.69) is 99.1 Å². The summed E-state index contributed by atoms with van der Waals surface area (Å²) in [6.07, 6.45) is 19.0. The molecular formula is C34H50N2. The highest BCUT2D eigenvalue weighted by Crippen LogP contribution is 2.45. The lowest BCUT2D eigenvalue weighted by Gasteiger charge is -2.41. The maximum Gasteiger partial charge on any atom is 0.112 e. The predicted octanol–water partition coefficient (Wildman–Crippen LogP) is 9.74. The first-order chi connectivity index (χ1) is 17.6. The maximum absolute atomic E-state index is 5.00. The molecule has 2 nitrogen and oxygen atoms in total. The number of rotatable bonds is 17. The van der Waals surface area contributed by atoms with Gasteiger partial charge in [-0.2, -0.15) is 0 Å². The zero-order valence-electron chi connectivity index (χ0n) is 23.5. The van der Waals surface area contributed by atoms with Crippen LogP contribution >= 0.6 is 0 Å². The van der Waals surface area contributed by atoms with Crippen LogP contribution in [0.2, 0.25) is 0 Å². The van der Waals surface area contributed by atoms with E-state index in [1.807, 2.05) is 6.20 Å². The first kappa shape index (κ1) is 28.2. The Balaban J connectivity index is 1.68. The first-order valence-electron chi connectivity index (χ1n) is 14.7. The van der Waals surface area contributed by atoms with Gasteiger partial charge in [0.2, 0.25) is 0 Å². The second-order valence-electron chi connectivity index (χ2n) is 11.3. The van der Waals surface area contributed by atoms with Crippen LogP contribution in [0.25, 0.3) is 0 Å². The van der Waals surface area contributed by atoms with E-state index in [9.17, 15) is 0 Å². The summed E-state index contributed by atoms with van der Waals surface area (Å²) in [5.74, 6) is 2.06. The maximum atomic E-state index is 5.00. The third-order valence-corrected chi connectivity index (χ3v) is 7.98. The lowest BCUT2D eigenvalue weighted by atomic mass is 9.64. The fourth-order valence-corrected chi connectivity index (χ4v) is 6.11. The second kappa shape index (κ2) is 15.0. The Labute approximate surface area is 221 Å². The molecule has 2 aromatic carbocycles. The molecule has 0 amide bonds. The Kier molecular flexibility index (Phi) is 11.8. The van der Waals surface area contributed by atoms with Crippen LogP contribution in [0.3, 0.4) is 0 Å². The smallest absolute Gasteiger partial charge is 0.112 e. The van der Waals surface area contributed by atoms with Gasteiger partial charge in [-0.05, 0) is 29.9 Å². The minimum absolute atomic E-state index is 0.0440. The van der Waals surface area contributed by atoms with Gasteiger partial charge in [-0.1, -0.05) is 146 Å². The molecule has 3 rings (SSSR count). The van der Waals surface area contributed by atoms with Crippen LogP contribution in [0.1, 0.15) is 115 Å². The average molecular weight is 487 g/mol. The minimum Gasteiger partial charge on any atom is -0.335 e. The molecule has 0 aliphatic heterocycles. The lowest BCUT2D eigenvalue weighted by Crippen LogP contribution is -2.37. The van der Waals surface area contributed by atoms with Crippen molar-refractivity contribution in [3.8, 4) is 0 Å². The summed E-state index contributed by atoms with van der Waals surface area (Å²) in [7, 11) is 0. The van der Waals surface area contributed by atoms with Gasteiger partial charge in [0, 0.05) is 30.3 Å². The van der Waals surface area contributed by atoms with E-state index in [1.54, 1.807) is 0 Å². The van der Waals surface area contributed by atoms with Crippen LogP contribution < -0.4 is 0 Å². The van der Waals surface area contributed by atoms with E-state index in [0.29, 0.717) is 11.8 Å². The highest BCUT2D eigenvalue weighted by molar-refractivity contribution is 5.33. The number of aryl methyl sites for hydroxylation is 1. The number of hydrogen-bond acceptors (Lipinski definition) is 1. The van der Waals surface area contributed by atoms with Gasteiger partial charge in [0.1, 0.15) is 5.82 Å². The minimum atomic E-state index is -0.0440. The number of hydrogen-bond donors (Lipinski definition) is 0. The van der Waals surface area contributed by atoms with Gasteiger partial charge in [0.05, 0.1) is 0 Å². The molecule has 3 aromatic rings. The fraction of sp³-hybridized carbons (Fsp3) is 0.559. The van der Waals surface area contributed by atoms with Crippen molar-refractivity contribution >= 4 is 0 Å². The monoisotopic (exact) mass is 486 g/mol. The summed E-state index contributed by atoms with van der Waals surface area (Å²) >= 11 is 0. The molecule has 0 bridgehead atoms. The number of aromatic nitrogens is 2. The highest BCUT2D eigenvalue weighted by Gasteiger charge is 2.41. The van der Waals surface area contributed by atoms with Crippen molar-refractivity contribution in [3.63, 3.8) is 0 Å². The van der Waals surface area contributed by atoms with Gasteiger partial charge in [-0.15, -0.1) is 0 Å². The van der Waals surface area contributed by atoms with Gasteiger partial charge >= 0.3 is 0 Å². The van der Waals surface area contributed by atoms with E-state index >= 15 is 0 Å². The van der Waals surface area contributed by atoms with Crippen LogP contribution in [0, 0.1) is 5.92 Å². The summed E-state index contributed by atoms with van der Waals surface area (Å²) in [6, 6.07) is 22.1. The Bertz CT molecular complexity index is 959. The van der Waals surface area contributed by atoms with Gasteiger partial charge in [-0.25, -0.2) is 4.98 Å². The first-order valence-corrected chi connectivity index (χ1v) is 14.7. The average Bonchev–Trinajstić information content (AvgIpc) is 3.33. The molecule has 1 heterocycles. The standard InChI is InChI=1S/C34H50N2/c1-5-6-7-8-9-10-11-12-13-20-26-36-27-25-35-33(36)32(29(2)3)34(4,31-23-18-15-19-24-31)28-30-21-16-14-17-22-30/h14-19,21-25,27,29,32H,5-13,20,26,28H2,1-4H3. The van der Waals surface area contributed by atoms with Crippen molar-refractivity contribution in [2.45, 2.75) is 116 Å². The number of benzene rings is 2. The quantitative estimate of drug-likeness (QED) is 0.174. The van der Waals surface area contributed by atoms with Crippen molar-refractivity contribution in [3.05, 3.63) is 90.0 Å². The van der Waals surface area contributed by atoms with E-state index in [0.717, 1.165) is 13.0 Å². The summed E-state index contributed by atoms with van der Waals surface area (Å²) in [5, 5.41) is 0. The topological polar surface area (TPSA) is 17.8 Å². The van der Waals surface area contributed by atoms with Crippen molar-refractivity contribution in [1.82, 2.24) is 9.55 Å². The summed E-state index contributed by atoms with van der Waals surface area (Å²) in [4.78, 5) is 5.00. The molecule has 0 fully saturated rings. The molecule has 0 aliphatic carbocycles. The molecule has 0 spiro atoms. The third-order valence-electron chi connectivity index (χ3n) is 7.98. The molecule has 2 atom stereocenters. The van der Waals surface area contributed by atoms with Crippen molar-refractivity contribution in [2.24, 2.45) is 5.92 Å². The molecule has 1 aromatic heterocycles. The molecule has 2 heteroatoms. The number of nitrogens with zero attached hydrogens (tertiary/aromatic N) is 2. The normalized spacial score (nSPS) is 14.1. The van der Waals surface area contributed by atoms with Gasteiger partial charge in [-0.3, -0.25) is 0 Å². The molecule has 0 saturated carbocycles. The van der Waals surface area contributed by atoms with E-state index in [4.69, 9.17) is 4.98 Å². The third kappa shape index (κ3) is 8.08. The summed E-state index contributed by atoms with van der Waals surface area (Å²) in [6.45, 7) is 10.6. The van der Waals surface area contributed by atoms with Crippen LogP contribution in [0.15, 0.2) is 73.1 Å². The molecule has 196 valence electrons. The van der Waals surface area contributed by atoms with E-state index in [-0.39, 0.29) is 5.41 Å². The fourth-order valence-electron chi connectivity index (χ4n) is 6.11. The zero-order valence-corrected chi connectivity index (χ0v) is 23.5. The van der Waals surface area contributed by atoms with Crippen molar-refractivity contribution in [1.29, 1.82) is 0 Å². The Morgan fingerprint density at radius 2 is 1.31 bits per heavy atom. The molecular weight excluding hydrogens is 436 g/mol. The van der Waals surface area contributed by atoms with Crippen molar-refractivity contribution < 1.29 is 0 Å². The molecule has 0 N–H and O–H groups in total. The highest BCUT2D eigenvalue weighted by atomic mass is 15.1. The Hall–Kier alpha value is -2.35. The summed E-state index contributed by atoms with van der Waals surface area (Å²) in [5.41, 5.74) is 2.75. The number of unbranched alkanes of at least 4 members (excludes halogenated alkanes) is 9. The van der Waals surface area contributed by atoms with Gasteiger partial charge in [0.25, 0.3) is 0 Å². The van der Waals surface area contributed by atoms with Crippen LogP contribution in [-0.2, 0) is 18.4 Å². The second-order valence-corrected chi connectivity index (χ2v) is 11.3. The molecule has 2 unspecified atom stereocenters. The summed E-state index contributed by atoms with van der Waals surface area (Å²) < 4.78 is 2.46. The zero-order chi connectivity index (χ0) is 25.6. The number of imidazole rings is 1. The van der Waals surface area contributed by atoms with Crippen LogP contribution in [0.4, 0.5) is 0 Å². The van der Waals surface area contributed by atoms with E-state index in [1.165, 1.54) is 81.2 Å². The predicted molar refractivity (Wildman–Crippen MR) is 156 cm³/mol. The molecule has 36 heavy (non-hydrogen) atoms. The van der Waals surface area contributed by atoms with Gasteiger partial charge in [0.15, 0.2) is 0 Å². The van der Waals surface area contributed by atoms with Crippen LogP contribution in [0.5, 0.6) is 0 Å². The lowest BCUT2D eigenvalue weighted by molar-refractivity contribution is 0.281. The van der Waals surface area contributed by atoms with Crippen LogP contribution in [-0.4, -0.2) is 9.55 Å². The molecule has 0 radical (unpaired) electrons.